The molecule has 0 aliphatic carbocycles. The first-order chi connectivity index (χ1) is 15.9. The highest BCUT2D eigenvalue weighted by atomic mass is 19.1. The molecule has 3 aromatic heterocycles. The predicted molar refractivity (Wildman–Crippen MR) is 120 cm³/mol. The number of benzene rings is 2. The fourth-order valence-electron chi connectivity index (χ4n) is 4.08. The van der Waals surface area contributed by atoms with Crippen LogP contribution in [0.3, 0.4) is 0 Å². The maximum Gasteiger partial charge on any atom is 0.356 e. The summed E-state index contributed by atoms with van der Waals surface area (Å²) in [5, 5.41) is 10.2. The minimum atomic E-state index is -1.22. The van der Waals surface area contributed by atoms with Crippen LogP contribution in [0.4, 0.5) is 14.6 Å². The molecular formula is C24H17F2N5O2. The molecule has 0 radical (unpaired) electrons. The first-order valence-electron chi connectivity index (χ1n) is 10.1. The van der Waals surface area contributed by atoms with Gasteiger partial charge >= 0.3 is 5.97 Å². The summed E-state index contributed by atoms with van der Waals surface area (Å²) in [6.45, 7) is 1.78. The van der Waals surface area contributed by atoms with Gasteiger partial charge in [0.15, 0.2) is 17.2 Å². The Morgan fingerprint density at radius 1 is 1.09 bits per heavy atom. The van der Waals surface area contributed by atoms with Crippen LogP contribution in [0.1, 0.15) is 23.1 Å². The van der Waals surface area contributed by atoms with E-state index in [9.17, 15) is 14.3 Å². The molecule has 9 heteroatoms. The monoisotopic (exact) mass is 445 g/mol. The molecule has 2 aromatic carbocycles. The Hall–Kier alpha value is -4.40. The molecule has 3 heterocycles. The normalized spacial score (nSPS) is 11.4. The molecule has 33 heavy (non-hydrogen) atoms. The number of hydrogen-bond donors (Lipinski definition) is 2. The van der Waals surface area contributed by atoms with Crippen LogP contribution >= 0.6 is 0 Å². The number of aromatic carboxylic acids is 1. The number of carboxylic acids is 1. The number of nitrogens with two attached hydrogens (primary N) is 1. The number of imidazole rings is 1. The number of carboxylic acid groups (broad SMARTS) is 1. The molecule has 3 N–H and O–H groups in total. The summed E-state index contributed by atoms with van der Waals surface area (Å²) < 4.78 is 30.7. The quantitative estimate of drug-likeness (QED) is 0.414. The van der Waals surface area contributed by atoms with Crippen LogP contribution in [0.15, 0.2) is 54.7 Å². The third-order valence-corrected chi connectivity index (χ3v) is 5.45. The Labute approximate surface area is 186 Å². The molecule has 0 fully saturated rings. The summed E-state index contributed by atoms with van der Waals surface area (Å²) in [5.41, 5.74) is 8.11. The number of fused-ring (bicyclic) bond motifs is 2. The van der Waals surface area contributed by atoms with Crippen molar-refractivity contribution >= 4 is 28.3 Å². The van der Waals surface area contributed by atoms with Crippen LogP contribution in [0.5, 0.6) is 0 Å². The Kier molecular flexibility index (Phi) is 4.74. The van der Waals surface area contributed by atoms with Crippen molar-refractivity contribution in [3.8, 4) is 22.5 Å². The van der Waals surface area contributed by atoms with Crippen molar-refractivity contribution in [1.82, 2.24) is 19.4 Å². The molecule has 0 saturated carbocycles. The molecule has 0 aliphatic heterocycles. The number of carbonyl (C=O) groups is 1. The predicted octanol–water partition coefficient (Wildman–Crippen LogP) is 4.73. The van der Waals surface area contributed by atoms with Gasteiger partial charge in [-0.3, -0.25) is 9.38 Å². The van der Waals surface area contributed by atoms with Crippen molar-refractivity contribution < 1.29 is 18.7 Å². The Bertz CT molecular complexity index is 1580. The third kappa shape index (κ3) is 3.25. The van der Waals surface area contributed by atoms with Gasteiger partial charge in [-0.2, -0.15) is 0 Å². The van der Waals surface area contributed by atoms with Gasteiger partial charge in [-0.05, 0) is 36.8 Å². The van der Waals surface area contributed by atoms with Gasteiger partial charge in [0.25, 0.3) is 0 Å². The first-order valence-corrected chi connectivity index (χ1v) is 10.1. The second-order valence-electron chi connectivity index (χ2n) is 7.46. The molecule has 0 atom stereocenters. The van der Waals surface area contributed by atoms with E-state index in [0.717, 1.165) is 0 Å². The number of pyridine rings is 1. The fraction of sp³-hybridized carbons (Fsp3) is 0.0833. The largest absolute Gasteiger partial charge is 0.476 e. The van der Waals surface area contributed by atoms with Gasteiger partial charge in [-0.15, -0.1) is 0 Å². The number of aryl methyl sites for hydroxylation is 1. The van der Waals surface area contributed by atoms with Crippen molar-refractivity contribution in [3.05, 3.63) is 77.8 Å². The van der Waals surface area contributed by atoms with E-state index in [-0.39, 0.29) is 28.4 Å². The van der Waals surface area contributed by atoms with Crippen molar-refractivity contribution in [2.45, 2.75) is 13.3 Å². The summed E-state index contributed by atoms with van der Waals surface area (Å²) in [7, 11) is 0. The molecule has 0 amide bonds. The summed E-state index contributed by atoms with van der Waals surface area (Å²) in [5.74, 6) is -2.29. The van der Waals surface area contributed by atoms with Gasteiger partial charge in [0.2, 0.25) is 0 Å². The Morgan fingerprint density at radius 3 is 2.64 bits per heavy atom. The lowest BCUT2D eigenvalue weighted by molar-refractivity contribution is 0.0690. The Morgan fingerprint density at radius 2 is 1.91 bits per heavy atom. The number of nitrogen functional groups attached to an aromatic ring is 1. The second kappa shape index (κ2) is 7.63. The molecule has 164 valence electrons. The highest BCUT2D eigenvalue weighted by molar-refractivity contribution is 5.93. The molecule has 0 unspecified atom stereocenters. The minimum absolute atomic E-state index is 0.0249. The van der Waals surface area contributed by atoms with E-state index >= 15 is 4.39 Å². The van der Waals surface area contributed by atoms with E-state index in [4.69, 9.17) is 5.73 Å². The molecule has 0 spiro atoms. The van der Waals surface area contributed by atoms with Gasteiger partial charge in [0.1, 0.15) is 17.2 Å². The van der Waals surface area contributed by atoms with E-state index in [2.05, 4.69) is 15.0 Å². The minimum Gasteiger partial charge on any atom is -0.476 e. The summed E-state index contributed by atoms with van der Waals surface area (Å²) >= 11 is 0. The number of halogens is 2. The lowest BCUT2D eigenvalue weighted by atomic mass is 10.0. The molecule has 0 aliphatic rings. The van der Waals surface area contributed by atoms with Gasteiger partial charge in [0, 0.05) is 22.7 Å². The molecular weight excluding hydrogens is 428 g/mol. The zero-order valence-electron chi connectivity index (χ0n) is 17.4. The first kappa shape index (κ1) is 20.5. The average Bonchev–Trinajstić information content (AvgIpc) is 3.19. The van der Waals surface area contributed by atoms with Crippen molar-refractivity contribution in [2.24, 2.45) is 0 Å². The Balaban J connectivity index is 1.98. The van der Waals surface area contributed by atoms with E-state index in [1.54, 1.807) is 35.6 Å². The van der Waals surface area contributed by atoms with Crippen LogP contribution < -0.4 is 5.73 Å². The van der Waals surface area contributed by atoms with Crippen LogP contribution in [-0.2, 0) is 6.42 Å². The van der Waals surface area contributed by atoms with Crippen LogP contribution in [0.25, 0.3) is 39.1 Å². The maximum atomic E-state index is 15.0. The fourth-order valence-corrected chi connectivity index (χ4v) is 4.08. The number of nitrogens with zero attached hydrogens (tertiary/aromatic N) is 4. The van der Waals surface area contributed by atoms with Crippen molar-refractivity contribution in [2.75, 3.05) is 5.73 Å². The van der Waals surface area contributed by atoms with Gasteiger partial charge < -0.3 is 10.8 Å². The zero-order valence-corrected chi connectivity index (χ0v) is 17.4. The summed E-state index contributed by atoms with van der Waals surface area (Å²) in [6, 6.07) is 12.2. The molecule has 5 rings (SSSR count). The van der Waals surface area contributed by atoms with Crippen LogP contribution in [-0.4, -0.2) is 30.4 Å². The average molecular weight is 445 g/mol. The smallest absolute Gasteiger partial charge is 0.356 e. The van der Waals surface area contributed by atoms with E-state index < -0.39 is 17.6 Å². The number of hydrogen-bond acceptors (Lipinski definition) is 5. The SMILES string of the molecule is CCc1c(C(=O)O)nc2c(N)nc(-c3cccc(F)c3)c(-c3cc(F)c4ncccc4c3)n12. The van der Waals surface area contributed by atoms with E-state index in [0.29, 0.717) is 34.3 Å². The van der Waals surface area contributed by atoms with Crippen molar-refractivity contribution in [1.29, 1.82) is 0 Å². The number of aromatic nitrogens is 4. The second-order valence-corrected chi connectivity index (χ2v) is 7.46. The van der Waals surface area contributed by atoms with Crippen molar-refractivity contribution in [3.63, 3.8) is 0 Å². The lowest BCUT2D eigenvalue weighted by Crippen LogP contribution is -2.07. The van der Waals surface area contributed by atoms with E-state index in [1.165, 1.54) is 30.5 Å². The highest BCUT2D eigenvalue weighted by Gasteiger charge is 2.25. The number of rotatable bonds is 4. The summed E-state index contributed by atoms with van der Waals surface area (Å²) in [4.78, 5) is 24.6. The number of anilines is 1. The molecule has 0 saturated heterocycles. The maximum absolute atomic E-state index is 15.0. The standard InChI is InChI=1S/C24H17F2N5O2/c1-2-17-20(24(32)33)30-23-22(27)29-19(13-5-3-7-15(25)10-13)21(31(17)23)14-9-12-6-4-8-28-18(12)16(26)11-14/h3-11H,2H2,1H3,(H2,27,29)(H,32,33). The van der Waals surface area contributed by atoms with E-state index in [1.807, 2.05) is 0 Å². The van der Waals surface area contributed by atoms with Gasteiger partial charge in [-0.25, -0.2) is 23.5 Å². The van der Waals surface area contributed by atoms with Gasteiger partial charge in [0.05, 0.1) is 17.1 Å². The third-order valence-electron chi connectivity index (χ3n) is 5.45. The molecule has 5 aromatic rings. The topological polar surface area (TPSA) is 106 Å². The van der Waals surface area contributed by atoms with Gasteiger partial charge in [-0.1, -0.05) is 25.1 Å². The lowest BCUT2D eigenvalue weighted by Gasteiger charge is -2.16. The van der Waals surface area contributed by atoms with Crippen LogP contribution in [0, 0.1) is 11.6 Å². The van der Waals surface area contributed by atoms with Crippen LogP contribution in [0.2, 0.25) is 0 Å². The molecule has 0 bridgehead atoms. The zero-order chi connectivity index (χ0) is 23.3. The summed E-state index contributed by atoms with van der Waals surface area (Å²) in [6.07, 6.45) is 1.80. The molecule has 7 nitrogen and oxygen atoms in total. The highest BCUT2D eigenvalue weighted by Crippen LogP contribution is 2.37.